The average molecular weight is 350 g/mol. The quantitative estimate of drug-likeness (QED) is 0.648. The number of ether oxygens (including phenoxy) is 1. The molecule has 0 aliphatic carbocycles. The third-order valence-electron chi connectivity index (χ3n) is 4.00. The Morgan fingerprint density at radius 1 is 1.36 bits per heavy atom. The summed E-state index contributed by atoms with van der Waals surface area (Å²) in [5, 5.41) is 9.89. The molecule has 1 unspecified atom stereocenters. The maximum absolute atomic E-state index is 9.37. The van der Waals surface area contributed by atoms with Crippen molar-refractivity contribution in [2.75, 3.05) is 11.5 Å². The lowest BCUT2D eigenvalue weighted by Crippen LogP contribution is -2.15. The fraction of sp³-hybridized carbons (Fsp3) is 0.118. The Balaban J connectivity index is 1.95. The van der Waals surface area contributed by atoms with Gasteiger partial charge in [-0.15, -0.1) is 0 Å². The van der Waals surface area contributed by atoms with Crippen molar-refractivity contribution in [2.45, 2.75) is 17.3 Å². The van der Waals surface area contributed by atoms with Crippen molar-refractivity contribution in [1.29, 1.82) is 5.26 Å². The Bertz CT molecular complexity index is 1010. The van der Waals surface area contributed by atoms with E-state index in [0.29, 0.717) is 22.9 Å². The molecule has 3 aromatic rings. The molecule has 1 aliphatic heterocycles. The molecule has 8 heteroatoms. The minimum Gasteiger partial charge on any atom is -0.438 e. The van der Waals surface area contributed by atoms with Crippen molar-refractivity contribution in [1.82, 2.24) is 15.0 Å². The van der Waals surface area contributed by atoms with Gasteiger partial charge in [0.1, 0.15) is 23.2 Å². The van der Waals surface area contributed by atoms with Gasteiger partial charge in [-0.1, -0.05) is 29.5 Å². The van der Waals surface area contributed by atoms with E-state index in [1.807, 2.05) is 31.2 Å². The summed E-state index contributed by atoms with van der Waals surface area (Å²) in [6.07, 6.45) is 3.44. The number of nitrogen functional groups attached to an aromatic ring is 2. The molecule has 0 radical (unpaired) electrons. The summed E-state index contributed by atoms with van der Waals surface area (Å²) in [7, 11) is 0. The number of hydrogen-bond donors (Lipinski definition) is 3. The normalized spacial score (nSPS) is 15.0. The molecule has 0 bridgehead atoms. The van der Waals surface area contributed by atoms with E-state index in [9.17, 15) is 5.26 Å². The molecule has 0 saturated carbocycles. The van der Waals surface area contributed by atoms with Gasteiger partial charge >= 0.3 is 0 Å². The van der Waals surface area contributed by atoms with Crippen LogP contribution in [0.3, 0.4) is 0 Å². The van der Waals surface area contributed by atoms with Gasteiger partial charge in [-0.05, 0) is 13.0 Å². The summed E-state index contributed by atoms with van der Waals surface area (Å²) in [6, 6.07) is 7.94. The molecule has 1 atom stereocenters. The molecule has 25 heavy (non-hydrogen) atoms. The molecule has 124 valence electrons. The van der Waals surface area contributed by atoms with Gasteiger partial charge in [0.15, 0.2) is 5.16 Å². The van der Waals surface area contributed by atoms with E-state index >= 15 is 0 Å². The number of nitrogens with two attached hydrogens (primary N) is 2. The average Bonchev–Trinajstić information content (AvgIpc) is 3.08. The summed E-state index contributed by atoms with van der Waals surface area (Å²) in [6.45, 7) is 2.01. The lowest BCUT2D eigenvalue weighted by atomic mass is 9.97. The van der Waals surface area contributed by atoms with Crippen LogP contribution < -0.4 is 16.2 Å². The molecule has 7 nitrogen and oxygen atoms in total. The molecule has 0 fully saturated rings. The van der Waals surface area contributed by atoms with Gasteiger partial charge in [-0.3, -0.25) is 0 Å². The fourth-order valence-electron chi connectivity index (χ4n) is 2.84. The molecule has 0 saturated heterocycles. The second-order valence-corrected chi connectivity index (χ2v) is 6.75. The Kier molecular flexibility index (Phi) is 3.51. The number of imidazole rings is 1. The number of aromatic nitrogens is 3. The standard InChI is InChI=1S/C17H14N6OS/c1-8-2-3-11-9(6-8)14(25-17-21-4-5-22-17)12-13(19)10(7-18)15(20)23-16(12)24-11/h2-6,14H,1H3,(H,21,22)(H4,19,20,23). The van der Waals surface area contributed by atoms with E-state index in [2.05, 4.69) is 15.0 Å². The van der Waals surface area contributed by atoms with Crippen molar-refractivity contribution in [2.24, 2.45) is 0 Å². The van der Waals surface area contributed by atoms with Crippen molar-refractivity contribution in [3.8, 4) is 17.7 Å². The Hall–Kier alpha value is -3.18. The molecule has 1 aromatic carbocycles. The maximum Gasteiger partial charge on any atom is 0.228 e. The summed E-state index contributed by atoms with van der Waals surface area (Å²) in [4.78, 5) is 11.6. The smallest absolute Gasteiger partial charge is 0.228 e. The molecule has 4 rings (SSSR count). The molecule has 2 aromatic heterocycles. The minimum absolute atomic E-state index is 0.0658. The Morgan fingerprint density at radius 2 is 2.20 bits per heavy atom. The number of nitrogens with one attached hydrogen (secondary N) is 1. The SMILES string of the molecule is Cc1ccc2c(c1)C(Sc1ncc[nH]1)c1c(nc(N)c(C#N)c1N)O2. The zero-order valence-electron chi connectivity index (χ0n) is 13.3. The number of aromatic amines is 1. The van der Waals surface area contributed by atoms with E-state index in [1.165, 1.54) is 11.8 Å². The number of thioether (sulfide) groups is 1. The Labute approximate surface area is 148 Å². The first-order chi connectivity index (χ1) is 12.1. The summed E-state index contributed by atoms with van der Waals surface area (Å²) in [5.41, 5.74) is 15.3. The second-order valence-electron chi connectivity index (χ2n) is 5.65. The summed E-state index contributed by atoms with van der Waals surface area (Å²) in [5.74, 6) is 1.09. The number of aryl methyl sites for hydroxylation is 1. The van der Waals surface area contributed by atoms with Crippen LogP contribution >= 0.6 is 11.8 Å². The van der Waals surface area contributed by atoms with Crippen LogP contribution in [0.25, 0.3) is 0 Å². The molecule has 5 N–H and O–H groups in total. The Morgan fingerprint density at radius 3 is 2.92 bits per heavy atom. The maximum atomic E-state index is 9.37. The number of hydrogen-bond acceptors (Lipinski definition) is 7. The van der Waals surface area contributed by atoms with Gasteiger partial charge in [0.2, 0.25) is 5.88 Å². The number of H-pyrrole nitrogens is 1. The van der Waals surface area contributed by atoms with E-state index in [0.717, 1.165) is 16.3 Å². The van der Waals surface area contributed by atoms with E-state index < -0.39 is 0 Å². The number of fused-ring (bicyclic) bond motifs is 2. The number of rotatable bonds is 2. The van der Waals surface area contributed by atoms with Crippen LogP contribution in [0.15, 0.2) is 35.7 Å². The van der Waals surface area contributed by atoms with Gasteiger partial charge < -0.3 is 21.2 Å². The predicted molar refractivity (Wildman–Crippen MR) is 95.3 cm³/mol. The first-order valence-corrected chi connectivity index (χ1v) is 8.40. The lowest BCUT2D eigenvalue weighted by Gasteiger charge is -2.28. The summed E-state index contributed by atoms with van der Waals surface area (Å²) >= 11 is 1.49. The highest BCUT2D eigenvalue weighted by atomic mass is 32.2. The van der Waals surface area contributed by atoms with E-state index in [-0.39, 0.29) is 16.6 Å². The second kappa shape index (κ2) is 5.72. The monoisotopic (exact) mass is 350 g/mol. The minimum atomic E-state index is -0.218. The van der Waals surface area contributed by atoms with Gasteiger partial charge in [-0.25, -0.2) is 4.98 Å². The van der Waals surface area contributed by atoms with Gasteiger partial charge in [0.25, 0.3) is 0 Å². The van der Waals surface area contributed by atoms with Crippen molar-refractivity contribution in [3.05, 3.63) is 52.8 Å². The topological polar surface area (TPSA) is 127 Å². The number of nitrogens with zero attached hydrogens (tertiary/aromatic N) is 3. The molecular formula is C17H14N6OS. The van der Waals surface area contributed by atoms with Crippen LogP contribution in [0, 0.1) is 18.3 Å². The highest BCUT2D eigenvalue weighted by molar-refractivity contribution is 7.99. The largest absolute Gasteiger partial charge is 0.438 e. The third-order valence-corrected chi connectivity index (χ3v) is 5.17. The molecule has 1 aliphatic rings. The highest BCUT2D eigenvalue weighted by Crippen LogP contribution is 2.53. The van der Waals surface area contributed by atoms with Gasteiger partial charge in [0.05, 0.1) is 16.5 Å². The van der Waals surface area contributed by atoms with Crippen LogP contribution in [0.1, 0.15) is 27.5 Å². The van der Waals surface area contributed by atoms with Gasteiger partial charge in [-0.2, -0.15) is 10.2 Å². The first kappa shape index (κ1) is 15.4. The zero-order chi connectivity index (χ0) is 17.6. The number of benzene rings is 1. The first-order valence-electron chi connectivity index (χ1n) is 7.52. The highest BCUT2D eigenvalue weighted by Gasteiger charge is 2.34. The van der Waals surface area contributed by atoms with Crippen molar-refractivity contribution in [3.63, 3.8) is 0 Å². The lowest BCUT2D eigenvalue weighted by molar-refractivity contribution is 0.441. The fourth-order valence-corrected chi connectivity index (χ4v) is 3.97. The zero-order valence-corrected chi connectivity index (χ0v) is 14.1. The van der Waals surface area contributed by atoms with Crippen LogP contribution in [0.5, 0.6) is 11.6 Å². The van der Waals surface area contributed by atoms with Crippen LogP contribution in [0.4, 0.5) is 11.5 Å². The van der Waals surface area contributed by atoms with E-state index in [4.69, 9.17) is 16.2 Å². The third kappa shape index (κ3) is 2.45. The summed E-state index contributed by atoms with van der Waals surface area (Å²) < 4.78 is 5.92. The van der Waals surface area contributed by atoms with Crippen molar-refractivity contribution < 1.29 is 4.74 Å². The van der Waals surface area contributed by atoms with Crippen LogP contribution in [0.2, 0.25) is 0 Å². The van der Waals surface area contributed by atoms with Crippen LogP contribution in [-0.4, -0.2) is 15.0 Å². The number of anilines is 2. The van der Waals surface area contributed by atoms with E-state index in [1.54, 1.807) is 12.4 Å². The van der Waals surface area contributed by atoms with Crippen LogP contribution in [-0.2, 0) is 0 Å². The molecular weight excluding hydrogens is 336 g/mol. The van der Waals surface area contributed by atoms with Crippen molar-refractivity contribution >= 4 is 23.3 Å². The molecule has 3 heterocycles. The number of pyridine rings is 1. The predicted octanol–water partition coefficient (Wildman–Crippen LogP) is 3.14. The molecule has 0 spiro atoms. The molecule has 0 amide bonds. The van der Waals surface area contributed by atoms with Gasteiger partial charge in [0, 0.05) is 18.0 Å². The number of nitriles is 1.